The van der Waals surface area contributed by atoms with E-state index in [-0.39, 0.29) is 0 Å². The minimum Gasteiger partial charge on any atom is -0.497 e. The molecule has 0 radical (unpaired) electrons. The van der Waals surface area contributed by atoms with Gasteiger partial charge in [-0.15, -0.1) is 0 Å². The van der Waals surface area contributed by atoms with Crippen LogP contribution in [0.15, 0.2) is 47.6 Å². The minimum absolute atomic E-state index is 0.335. The Hall–Kier alpha value is -3.55. The van der Waals surface area contributed by atoms with Gasteiger partial charge in [0.1, 0.15) is 17.2 Å². The number of carboxylic acids is 1. The van der Waals surface area contributed by atoms with E-state index in [9.17, 15) is 9.59 Å². The molecule has 0 bridgehead atoms. The largest absolute Gasteiger partial charge is 0.497 e. The number of benzene rings is 2. The monoisotopic (exact) mass is 372 g/mol. The molecule has 142 valence electrons. The summed E-state index contributed by atoms with van der Waals surface area (Å²) in [5, 5.41) is 12.7. The van der Waals surface area contributed by atoms with E-state index in [1.807, 2.05) is 0 Å². The van der Waals surface area contributed by atoms with Gasteiger partial charge in [-0.2, -0.15) is 5.10 Å². The van der Waals surface area contributed by atoms with Crippen molar-refractivity contribution in [2.45, 2.75) is 6.92 Å². The van der Waals surface area contributed by atoms with Gasteiger partial charge in [0.05, 0.1) is 19.9 Å². The first-order chi connectivity index (χ1) is 12.9. The first-order valence-corrected chi connectivity index (χ1v) is 7.95. The molecule has 0 aliphatic carbocycles. The maximum Gasteiger partial charge on any atom is 0.341 e. The number of hydrogen-bond donors (Lipinski definition) is 2. The molecular formula is C19H20N2O6. The summed E-state index contributed by atoms with van der Waals surface area (Å²) in [6.45, 7) is 1.27. The number of hydrazone groups is 1. The molecular weight excluding hydrogens is 352 g/mol. The standard InChI is InChI=1S/C19H20N2O6/c1-12(13-5-4-6-15(7-13)27-11-18(22)23)20-21-19(24)14-8-16(25-2)10-17(9-14)26-3/h4-10H,11H2,1-3H3,(H,21,24)(H,22,23)/b20-12-. The topological polar surface area (TPSA) is 106 Å². The van der Waals surface area contributed by atoms with Crippen LogP contribution in [0.2, 0.25) is 0 Å². The average Bonchev–Trinajstić information content (AvgIpc) is 2.69. The molecule has 0 fully saturated rings. The zero-order valence-corrected chi connectivity index (χ0v) is 15.2. The van der Waals surface area contributed by atoms with Crippen LogP contribution >= 0.6 is 0 Å². The molecule has 0 aliphatic rings. The number of carbonyl (C=O) groups is 2. The number of carboxylic acid groups (broad SMARTS) is 1. The van der Waals surface area contributed by atoms with E-state index in [0.29, 0.717) is 34.1 Å². The van der Waals surface area contributed by atoms with E-state index in [0.717, 1.165) is 0 Å². The first-order valence-electron chi connectivity index (χ1n) is 7.95. The van der Waals surface area contributed by atoms with Crippen LogP contribution in [-0.4, -0.2) is 43.5 Å². The summed E-state index contributed by atoms with van der Waals surface area (Å²) in [5.74, 6) is -0.114. The van der Waals surface area contributed by atoms with Gasteiger partial charge in [-0.1, -0.05) is 12.1 Å². The Balaban J connectivity index is 2.12. The quantitative estimate of drug-likeness (QED) is 0.544. The fraction of sp³-hybridized carbons (Fsp3) is 0.211. The van der Waals surface area contributed by atoms with E-state index >= 15 is 0 Å². The van der Waals surface area contributed by atoms with Crippen molar-refractivity contribution in [2.24, 2.45) is 5.10 Å². The lowest BCUT2D eigenvalue weighted by atomic mass is 10.1. The summed E-state index contributed by atoms with van der Waals surface area (Å²) in [4.78, 5) is 22.9. The Morgan fingerprint density at radius 2 is 1.63 bits per heavy atom. The fourth-order valence-corrected chi connectivity index (χ4v) is 2.16. The number of methoxy groups -OCH3 is 2. The molecule has 2 aromatic rings. The zero-order valence-electron chi connectivity index (χ0n) is 15.2. The second-order valence-corrected chi connectivity index (χ2v) is 5.45. The van der Waals surface area contributed by atoms with Gasteiger partial charge < -0.3 is 19.3 Å². The normalized spacial score (nSPS) is 10.9. The van der Waals surface area contributed by atoms with Crippen LogP contribution in [0, 0.1) is 0 Å². The lowest BCUT2D eigenvalue weighted by Crippen LogP contribution is -2.19. The Bertz CT molecular complexity index is 841. The minimum atomic E-state index is -1.06. The molecule has 1 amide bonds. The Labute approximate surface area is 156 Å². The number of nitrogens with zero attached hydrogens (tertiary/aromatic N) is 1. The van der Waals surface area contributed by atoms with Crippen LogP contribution in [-0.2, 0) is 4.79 Å². The van der Waals surface area contributed by atoms with Gasteiger partial charge in [0.25, 0.3) is 5.91 Å². The molecule has 0 aliphatic heterocycles. The van der Waals surface area contributed by atoms with E-state index in [1.54, 1.807) is 49.4 Å². The highest BCUT2D eigenvalue weighted by atomic mass is 16.5. The van der Waals surface area contributed by atoms with E-state index in [1.165, 1.54) is 14.2 Å². The number of hydrogen-bond acceptors (Lipinski definition) is 6. The number of carbonyl (C=O) groups excluding carboxylic acids is 1. The summed E-state index contributed by atoms with van der Waals surface area (Å²) in [5.41, 5.74) is 4.02. The summed E-state index contributed by atoms with van der Waals surface area (Å²) in [7, 11) is 3.00. The van der Waals surface area contributed by atoms with Crippen LogP contribution in [0.1, 0.15) is 22.8 Å². The van der Waals surface area contributed by atoms with Crippen molar-refractivity contribution < 1.29 is 28.9 Å². The third kappa shape index (κ3) is 5.74. The number of ether oxygens (including phenoxy) is 3. The smallest absolute Gasteiger partial charge is 0.341 e. The van der Waals surface area contributed by atoms with Crippen molar-refractivity contribution in [1.82, 2.24) is 5.43 Å². The maximum absolute atomic E-state index is 12.3. The maximum atomic E-state index is 12.3. The van der Waals surface area contributed by atoms with Crippen molar-refractivity contribution in [2.75, 3.05) is 20.8 Å². The Kier molecular flexibility index (Phi) is 6.76. The van der Waals surface area contributed by atoms with Gasteiger partial charge in [-0.3, -0.25) is 4.79 Å². The highest BCUT2D eigenvalue weighted by Crippen LogP contribution is 2.22. The predicted octanol–water partition coefficient (Wildman–Crippen LogP) is 2.32. The van der Waals surface area contributed by atoms with Crippen LogP contribution in [0.5, 0.6) is 17.2 Å². The fourth-order valence-electron chi connectivity index (χ4n) is 2.16. The second kappa shape index (κ2) is 9.23. The highest BCUT2D eigenvalue weighted by molar-refractivity contribution is 6.01. The zero-order chi connectivity index (χ0) is 19.8. The Morgan fingerprint density at radius 1 is 1.00 bits per heavy atom. The molecule has 0 spiro atoms. The van der Waals surface area contributed by atoms with Crippen LogP contribution in [0.4, 0.5) is 0 Å². The summed E-state index contributed by atoms with van der Waals surface area (Å²) < 4.78 is 15.4. The van der Waals surface area contributed by atoms with Crippen LogP contribution in [0.25, 0.3) is 0 Å². The molecule has 0 atom stereocenters. The van der Waals surface area contributed by atoms with Gasteiger partial charge in [-0.05, 0) is 31.2 Å². The molecule has 0 heterocycles. The summed E-state index contributed by atoms with van der Waals surface area (Å²) in [6, 6.07) is 11.6. The number of amides is 1. The first kappa shape index (κ1) is 19.8. The van der Waals surface area contributed by atoms with Crippen LogP contribution < -0.4 is 19.6 Å². The molecule has 27 heavy (non-hydrogen) atoms. The van der Waals surface area contributed by atoms with Gasteiger partial charge in [0.2, 0.25) is 0 Å². The van der Waals surface area contributed by atoms with Crippen molar-refractivity contribution in [3.8, 4) is 17.2 Å². The molecule has 0 saturated carbocycles. The van der Waals surface area contributed by atoms with Crippen molar-refractivity contribution in [3.05, 3.63) is 53.6 Å². The highest BCUT2D eigenvalue weighted by Gasteiger charge is 2.10. The second-order valence-electron chi connectivity index (χ2n) is 5.45. The average molecular weight is 372 g/mol. The number of nitrogens with one attached hydrogen (secondary N) is 1. The van der Waals surface area contributed by atoms with Crippen molar-refractivity contribution in [3.63, 3.8) is 0 Å². The summed E-state index contributed by atoms with van der Waals surface area (Å²) in [6.07, 6.45) is 0. The molecule has 0 saturated heterocycles. The van der Waals surface area contributed by atoms with E-state index in [4.69, 9.17) is 19.3 Å². The number of aliphatic carboxylic acids is 1. The summed E-state index contributed by atoms with van der Waals surface area (Å²) >= 11 is 0. The van der Waals surface area contributed by atoms with Crippen LogP contribution in [0.3, 0.4) is 0 Å². The number of rotatable bonds is 8. The Morgan fingerprint density at radius 3 is 2.22 bits per heavy atom. The SMILES string of the molecule is COc1cc(OC)cc(C(=O)N/N=C(/C)c2cccc(OCC(=O)O)c2)c1. The van der Waals surface area contributed by atoms with Crippen molar-refractivity contribution >= 4 is 17.6 Å². The van der Waals surface area contributed by atoms with E-state index in [2.05, 4.69) is 10.5 Å². The molecule has 0 unspecified atom stereocenters. The van der Waals surface area contributed by atoms with Gasteiger partial charge in [0.15, 0.2) is 6.61 Å². The van der Waals surface area contributed by atoms with Gasteiger partial charge in [-0.25, -0.2) is 10.2 Å². The molecule has 2 rings (SSSR count). The lowest BCUT2D eigenvalue weighted by molar-refractivity contribution is -0.139. The predicted molar refractivity (Wildman–Crippen MR) is 98.8 cm³/mol. The molecule has 8 nitrogen and oxygen atoms in total. The van der Waals surface area contributed by atoms with Gasteiger partial charge in [0, 0.05) is 17.2 Å². The molecule has 2 N–H and O–H groups in total. The van der Waals surface area contributed by atoms with Crippen molar-refractivity contribution in [1.29, 1.82) is 0 Å². The molecule has 0 aromatic heterocycles. The van der Waals surface area contributed by atoms with E-state index < -0.39 is 18.5 Å². The van der Waals surface area contributed by atoms with Gasteiger partial charge >= 0.3 is 5.97 Å². The third-order valence-electron chi connectivity index (χ3n) is 3.55. The molecule has 2 aromatic carbocycles. The third-order valence-corrected chi connectivity index (χ3v) is 3.55. The lowest BCUT2D eigenvalue weighted by Gasteiger charge is -2.08. The molecule has 8 heteroatoms.